The van der Waals surface area contributed by atoms with Crippen LogP contribution < -0.4 is 10.1 Å². The molecule has 0 bridgehead atoms. The lowest BCUT2D eigenvalue weighted by atomic mass is 10.0. The van der Waals surface area contributed by atoms with Crippen molar-refractivity contribution in [2.24, 2.45) is 0 Å². The highest BCUT2D eigenvalue weighted by atomic mass is 16.5. The standard InChI is InChI=1S/C20H23NO2/c1-15-6-8-16(9-7-15)17-10-12-19(13-11-17)23-14-20(22)21-18-4-2-3-5-18/h6-13,18H,2-5,14H2,1H3,(H,21,22). The van der Waals surface area contributed by atoms with Gasteiger partial charge in [-0.1, -0.05) is 54.8 Å². The SMILES string of the molecule is Cc1ccc(-c2ccc(OCC(=O)NC3CCCC3)cc2)cc1. The Hall–Kier alpha value is -2.29. The quantitative estimate of drug-likeness (QED) is 0.903. The Kier molecular flexibility index (Phi) is 4.96. The Labute approximate surface area is 137 Å². The molecule has 3 heteroatoms. The predicted molar refractivity (Wildman–Crippen MR) is 92.5 cm³/mol. The van der Waals surface area contributed by atoms with Gasteiger partial charge in [0, 0.05) is 6.04 Å². The van der Waals surface area contributed by atoms with Crippen LogP contribution in [0.4, 0.5) is 0 Å². The van der Waals surface area contributed by atoms with Gasteiger partial charge in [0.1, 0.15) is 5.75 Å². The smallest absolute Gasteiger partial charge is 0.258 e. The first-order chi connectivity index (χ1) is 11.2. The predicted octanol–water partition coefficient (Wildman–Crippen LogP) is 4.10. The van der Waals surface area contributed by atoms with Crippen molar-refractivity contribution in [3.05, 3.63) is 54.1 Å². The number of amides is 1. The number of hydrogen-bond donors (Lipinski definition) is 1. The molecule has 2 aromatic carbocycles. The zero-order valence-corrected chi connectivity index (χ0v) is 13.5. The van der Waals surface area contributed by atoms with E-state index in [1.807, 2.05) is 24.3 Å². The third-order valence-electron chi connectivity index (χ3n) is 4.33. The van der Waals surface area contributed by atoms with Gasteiger partial charge in [-0.05, 0) is 43.0 Å². The number of ether oxygens (including phenoxy) is 1. The Morgan fingerprint density at radius 3 is 2.17 bits per heavy atom. The highest BCUT2D eigenvalue weighted by Gasteiger charge is 2.17. The fourth-order valence-electron chi connectivity index (χ4n) is 2.98. The van der Waals surface area contributed by atoms with Crippen LogP contribution in [-0.2, 0) is 4.79 Å². The summed E-state index contributed by atoms with van der Waals surface area (Å²) in [6.07, 6.45) is 4.62. The highest BCUT2D eigenvalue weighted by Crippen LogP contribution is 2.23. The molecule has 2 aromatic rings. The van der Waals surface area contributed by atoms with Crippen molar-refractivity contribution in [2.45, 2.75) is 38.6 Å². The Balaban J connectivity index is 1.53. The minimum Gasteiger partial charge on any atom is -0.484 e. The average Bonchev–Trinajstić information content (AvgIpc) is 3.07. The molecule has 3 nitrogen and oxygen atoms in total. The molecule has 1 amide bonds. The van der Waals surface area contributed by atoms with Crippen LogP contribution in [0.5, 0.6) is 5.75 Å². The maximum absolute atomic E-state index is 11.9. The number of carbonyl (C=O) groups excluding carboxylic acids is 1. The van der Waals surface area contributed by atoms with E-state index in [0.29, 0.717) is 6.04 Å². The van der Waals surface area contributed by atoms with Crippen LogP contribution in [0.25, 0.3) is 11.1 Å². The molecular weight excluding hydrogens is 286 g/mol. The van der Waals surface area contributed by atoms with E-state index in [2.05, 4.69) is 36.5 Å². The molecule has 1 aliphatic rings. The highest BCUT2D eigenvalue weighted by molar-refractivity contribution is 5.77. The normalized spacial score (nSPS) is 14.7. The van der Waals surface area contributed by atoms with Crippen molar-refractivity contribution in [2.75, 3.05) is 6.61 Å². The zero-order valence-electron chi connectivity index (χ0n) is 13.5. The van der Waals surface area contributed by atoms with E-state index in [4.69, 9.17) is 4.74 Å². The fraction of sp³-hybridized carbons (Fsp3) is 0.350. The van der Waals surface area contributed by atoms with Gasteiger partial charge in [0.15, 0.2) is 6.61 Å². The molecule has 0 heterocycles. The van der Waals surface area contributed by atoms with E-state index in [1.54, 1.807) is 0 Å². The van der Waals surface area contributed by atoms with Crippen LogP contribution >= 0.6 is 0 Å². The van der Waals surface area contributed by atoms with Gasteiger partial charge in [0.25, 0.3) is 5.91 Å². The van der Waals surface area contributed by atoms with Crippen molar-refractivity contribution in [1.82, 2.24) is 5.32 Å². The van der Waals surface area contributed by atoms with Crippen LogP contribution in [0.2, 0.25) is 0 Å². The van der Waals surface area contributed by atoms with Gasteiger partial charge in [-0.25, -0.2) is 0 Å². The largest absolute Gasteiger partial charge is 0.484 e. The van der Waals surface area contributed by atoms with Crippen LogP contribution in [0.15, 0.2) is 48.5 Å². The summed E-state index contributed by atoms with van der Waals surface area (Å²) in [5.41, 5.74) is 3.58. The molecule has 1 saturated carbocycles. The van der Waals surface area contributed by atoms with E-state index in [9.17, 15) is 4.79 Å². The van der Waals surface area contributed by atoms with E-state index >= 15 is 0 Å². The molecule has 23 heavy (non-hydrogen) atoms. The summed E-state index contributed by atoms with van der Waals surface area (Å²) in [5.74, 6) is 0.696. The summed E-state index contributed by atoms with van der Waals surface area (Å²) in [7, 11) is 0. The van der Waals surface area contributed by atoms with Crippen molar-refractivity contribution >= 4 is 5.91 Å². The lowest BCUT2D eigenvalue weighted by Crippen LogP contribution is -2.36. The van der Waals surface area contributed by atoms with Gasteiger partial charge in [0.2, 0.25) is 0 Å². The topological polar surface area (TPSA) is 38.3 Å². The third-order valence-corrected chi connectivity index (χ3v) is 4.33. The lowest BCUT2D eigenvalue weighted by molar-refractivity contribution is -0.123. The zero-order chi connectivity index (χ0) is 16.1. The Morgan fingerprint density at radius 1 is 1.00 bits per heavy atom. The van der Waals surface area contributed by atoms with Gasteiger partial charge in [-0.15, -0.1) is 0 Å². The summed E-state index contributed by atoms with van der Waals surface area (Å²) < 4.78 is 5.58. The fourth-order valence-corrected chi connectivity index (χ4v) is 2.98. The Bertz CT molecular complexity index is 640. The van der Waals surface area contributed by atoms with Crippen molar-refractivity contribution in [3.8, 4) is 16.9 Å². The molecule has 1 N–H and O–H groups in total. The first kappa shape index (κ1) is 15.6. The minimum absolute atomic E-state index is 0.0282. The van der Waals surface area contributed by atoms with Crippen LogP contribution in [0, 0.1) is 6.92 Å². The maximum Gasteiger partial charge on any atom is 0.258 e. The van der Waals surface area contributed by atoms with Crippen LogP contribution in [0.3, 0.4) is 0 Å². The first-order valence-corrected chi connectivity index (χ1v) is 8.30. The second-order valence-corrected chi connectivity index (χ2v) is 6.23. The van der Waals surface area contributed by atoms with Gasteiger partial charge < -0.3 is 10.1 Å². The molecule has 0 aliphatic heterocycles. The molecule has 3 rings (SSSR count). The number of rotatable bonds is 5. The monoisotopic (exact) mass is 309 g/mol. The third kappa shape index (κ3) is 4.35. The van der Waals surface area contributed by atoms with Gasteiger partial charge in [-0.3, -0.25) is 4.79 Å². The average molecular weight is 309 g/mol. The van der Waals surface area contributed by atoms with Gasteiger partial charge >= 0.3 is 0 Å². The van der Waals surface area contributed by atoms with Crippen molar-refractivity contribution in [1.29, 1.82) is 0 Å². The van der Waals surface area contributed by atoms with E-state index in [0.717, 1.165) is 24.2 Å². The second kappa shape index (κ2) is 7.32. The van der Waals surface area contributed by atoms with Gasteiger partial charge in [-0.2, -0.15) is 0 Å². The molecule has 0 atom stereocenters. The Morgan fingerprint density at radius 2 is 1.57 bits per heavy atom. The van der Waals surface area contributed by atoms with E-state index in [1.165, 1.54) is 24.0 Å². The number of nitrogens with one attached hydrogen (secondary N) is 1. The summed E-state index contributed by atoms with van der Waals surface area (Å²) in [4.78, 5) is 11.9. The number of aryl methyl sites for hydroxylation is 1. The molecule has 0 unspecified atom stereocenters. The number of carbonyl (C=O) groups is 1. The first-order valence-electron chi connectivity index (χ1n) is 8.30. The summed E-state index contributed by atoms with van der Waals surface area (Å²) in [5, 5.41) is 3.03. The lowest BCUT2D eigenvalue weighted by Gasteiger charge is -2.12. The van der Waals surface area contributed by atoms with Crippen LogP contribution in [0.1, 0.15) is 31.2 Å². The molecule has 0 radical (unpaired) electrons. The molecule has 1 fully saturated rings. The molecular formula is C20H23NO2. The molecule has 0 aromatic heterocycles. The second-order valence-electron chi connectivity index (χ2n) is 6.23. The molecule has 120 valence electrons. The summed E-state index contributed by atoms with van der Waals surface area (Å²) in [6, 6.07) is 16.6. The maximum atomic E-state index is 11.9. The summed E-state index contributed by atoms with van der Waals surface area (Å²) in [6.45, 7) is 2.16. The number of hydrogen-bond acceptors (Lipinski definition) is 2. The molecule has 0 saturated heterocycles. The van der Waals surface area contributed by atoms with E-state index < -0.39 is 0 Å². The molecule has 1 aliphatic carbocycles. The van der Waals surface area contributed by atoms with E-state index in [-0.39, 0.29) is 12.5 Å². The van der Waals surface area contributed by atoms with Gasteiger partial charge in [0.05, 0.1) is 0 Å². The summed E-state index contributed by atoms with van der Waals surface area (Å²) >= 11 is 0. The molecule has 0 spiro atoms. The van der Waals surface area contributed by atoms with Crippen molar-refractivity contribution < 1.29 is 9.53 Å². The van der Waals surface area contributed by atoms with Crippen molar-refractivity contribution in [3.63, 3.8) is 0 Å². The number of benzene rings is 2. The van der Waals surface area contributed by atoms with Crippen LogP contribution in [-0.4, -0.2) is 18.6 Å². The minimum atomic E-state index is -0.0282.